The molecule has 0 fully saturated rings. The van der Waals surface area contributed by atoms with Crippen molar-refractivity contribution >= 4 is 11.9 Å². The van der Waals surface area contributed by atoms with Crippen LogP contribution in [0.1, 0.15) is 20.7 Å². The van der Waals surface area contributed by atoms with Gasteiger partial charge in [-0.15, -0.1) is 0 Å². The molecule has 0 aliphatic carbocycles. The Balaban J connectivity index is 1.69. The molecule has 4 heteroatoms. The SMILES string of the molecule is O=C(Oc1ccccc1)c1ccc(-c2ccccc2)c(C(=O)Oc2ccccc2)c1. The van der Waals surface area contributed by atoms with E-state index in [9.17, 15) is 9.59 Å². The highest BCUT2D eigenvalue weighted by molar-refractivity contribution is 6.02. The van der Waals surface area contributed by atoms with Gasteiger partial charge in [-0.1, -0.05) is 72.8 Å². The minimum atomic E-state index is -0.547. The first-order valence-electron chi connectivity index (χ1n) is 9.44. The molecule has 0 aliphatic heterocycles. The Morgan fingerprint density at radius 3 is 1.60 bits per heavy atom. The summed E-state index contributed by atoms with van der Waals surface area (Å²) in [4.78, 5) is 25.6. The lowest BCUT2D eigenvalue weighted by atomic mass is 9.97. The summed E-state index contributed by atoms with van der Waals surface area (Å²) >= 11 is 0. The van der Waals surface area contributed by atoms with E-state index < -0.39 is 11.9 Å². The molecule has 0 N–H and O–H groups in total. The van der Waals surface area contributed by atoms with Crippen LogP contribution >= 0.6 is 0 Å². The fourth-order valence-electron chi connectivity index (χ4n) is 3.01. The van der Waals surface area contributed by atoms with Gasteiger partial charge in [0.15, 0.2) is 0 Å². The Labute approximate surface area is 174 Å². The number of para-hydroxylation sites is 2. The van der Waals surface area contributed by atoms with E-state index in [4.69, 9.17) is 9.47 Å². The van der Waals surface area contributed by atoms with E-state index in [0.717, 1.165) is 5.56 Å². The smallest absolute Gasteiger partial charge is 0.344 e. The predicted molar refractivity (Wildman–Crippen MR) is 115 cm³/mol. The van der Waals surface area contributed by atoms with Gasteiger partial charge in [0, 0.05) is 0 Å². The van der Waals surface area contributed by atoms with E-state index >= 15 is 0 Å². The summed E-state index contributed by atoms with van der Waals surface area (Å²) in [6.07, 6.45) is 0. The van der Waals surface area contributed by atoms with Crippen LogP contribution in [0.15, 0.2) is 109 Å². The molecule has 0 saturated heterocycles. The normalized spacial score (nSPS) is 10.3. The first-order valence-corrected chi connectivity index (χ1v) is 9.44. The van der Waals surface area contributed by atoms with Gasteiger partial charge in [0.2, 0.25) is 0 Å². The van der Waals surface area contributed by atoms with Crippen molar-refractivity contribution in [3.8, 4) is 22.6 Å². The Bertz CT molecular complexity index is 1150. The maximum Gasteiger partial charge on any atom is 0.344 e. The van der Waals surface area contributed by atoms with Crippen molar-refractivity contribution in [3.05, 3.63) is 120 Å². The van der Waals surface area contributed by atoms with Gasteiger partial charge >= 0.3 is 11.9 Å². The molecular weight excluding hydrogens is 376 g/mol. The third-order valence-electron chi connectivity index (χ3n) is 4.47. The van der Waals surface area contributed by atoms with Crippen molar-refractivity contribution in [1.29, 1.82) is 0 Å². The zero-order valence-corrected chi connectivity index (χ0v) is 16.0. The fraction of sp³-hybridized carbons (Fsp3) is 0. The largest absolute Gasteiger partial charge is 0.423 e. The average molecular weight is 394 g/mol. The second kappa shape index (κ2) is 8.88. The van der Waals surface area contributed by atoms with Gasteiger partial charge in [0.05, 0.1) is 11.1 Å². The topological polar surface area (TPSA) is 52.6 Å². The molecule has 0 amide bonds. The number of carbonyl (C=O) groups excluding carboxylic acids is 2. The van der Waals surface area contributed by atoms with Crippen LogP contribution in [0, 0.1) is 0 Å². The first-order chi connectivity index (χ1) is 14.7. The Morgan fingerprint density at radius 2 is 1.03 bits per heavy atom. The molecule has 0 atom stereocenters. The highest BCUT2D eigenvalue weighted by atomic mass is 16.5. The molecule has 4 aromatic rings. The second-order valence-electron chi connectivity index (χ2n) is 6.53. The molecule has 0 bridgehead atoms. The van der Waals surface area contributed by atoms with Crippen LogP contribution in [0.3, 0.4) is 0 Å². The molecule has 0 heterocycles. The molecule has 0 unspecified atom stereocenters. The third-order valence-corrected chi connectivity index (χ3v) is 4.47. The van der Waals surface area contributed by atoms with E-state index in [1.54, 1.807) is 60.7 Å². The predicted octanol–water partition coefficient (Wildman–Crippen LogP) is 5.79. The molecule has 0 spiro atoms. The summed E-state index contributed by atoms with van der Waals surface area (Å²) in [7, 11) is 0. The van der Waals surface area contributed by atoms with Gasteiger partial charge in [-0.05, 0) is 47.5 Å². The highest BCUT2D eigenvalue weighted by Gasteiger charge is 2.19. The quantitative estimate of drug-likeness (QED) is 0.317. The first kappa shape index (κ1) is 19.2. The minimum Gasteiger partial charge on any atom is -0.423 e. The standard InChI is InChI=1S/C26H18O4/c27-25(29-21-12-6-2-7-13-21)20-16-17-23(19-10-4-1-5-11-19)24(18-20)26(28)30-22-14-8-3-9-15-22/h1-18H. The van der Waals surface area contributed by atoms with E-state index in [1.165, 1.54) is 6.07 Å². The molecule has 0 saturated carbocycles. The van der Waals surface area contributed by atoms with Crippen molar-refractivity contribution in [3.63, 3.8) is 0 Å². The van der Waals surface area contributed by atoms with Gasteiger partial charge in [0.1, 0.15) is 11.5 Å². The average Bonchev–Trinajstić information content (AvgIpc) is 2.80. The number of hydrogen-bond donors (Lipinski definition) is 0. The molecule has 30 heavy (non-hydrogen) atoms. The maximum absolute atomic E-state index is 13.0. The maximum atomic E-state index is 13.0. The van der Waals surface area contributed by atoms with Gasteiger partial charge in [0.25, 0.3) is 0 Å². The Kier molecular flexibility index (Phi) is 5.67. The monoisotopic (exact) mass is 394 g/mol. The summed E-state index contributed by atoms with van der Waals surface area (Å²) in [6.45, 7) is 0. The molecule has 0 aliphatic rings. The number of hydrogen-bond acceptors (Lipinski definition) is 4. The summed E-state index contributed by atoms with van der Waals surface area (Å²) < 4.78 is 10.9. The molecule has 4 nitrogen and oxygen atoms in total. The van der Waals surface area contributed by atoms with Crippen molar-refractivity contribution in [2.75, 3.05) is 0 Å². The van der Waals surface area contributed by atoms with Gasteiger partial charge in [-0.3, -0.25) is 0 Å². The lowest BCUT2D eigenvalue weighted by molar-refractivity contribution is 0.0734. The van der Waals surface area contributed by atoms with Crippen LogP contribution in [-0.4, -0.2) is 11.9 Å². The molecule has 4 aromatic carbocycles. The van der Waals surface area contributed by atoms with E-state index in [2.05, 4.69) is 0 Å². The Hall–Kier alpha value is -4.18. The van der Waals surface area contributed by atoms with Crippen LogP contribution in [-0.2, 0) is 0 Å². The number of rotatable bonds is 5. The van der Waals surface area contributed by atoms with Crippen LogP contribution in [0.25, 0.3) is 11.1 Å². The van der Waals surface area contributed by atoms with Crippen LogP contribution < -0.4 is 9.47 Å². The lowest BCUT2D eigenvalue weighted by Crippen LogP contribution is -2.14. The number of esters is 2. The van der Waals surface area contributed by atoms with Crippen LogP contribution in [0.2, 0.25) is 0 Å². The molecular formula is C26H18O4. The van der Waals surface area contributed by atoms with Crippen molar-refractivity contribution < 1.29 is 19.1 Å². The summed E-state index contributed by atoms with van der Waals surface area (Å²) in [5, 5.41) is 0. The Morgan fingerprint density at radius 1 is 0.533 bits per heavy atom. The molecule has 0 radical (unpaired) electrons. The zero-order valence-electron chi connectivity index (χ0n) is 16.0. The minimum absolute atomic E-state index is 0.263. The third kappa shape index (κ3) is 4.45. The molecule has 4 rings (SSSR count). The van der Waals surface area contributed by atoms with Crippen molar-refractivity contribution in [1.82, 2.24) is 0 Å². The van der Waals surface area contributed by atoms with E-state index in [0.29, 0.717) is 17.1 Å². The van der Waals surface area contributed by atoms with E-state index in [1.807, 2.05) is 42.5 Å². The fourth-order valence-corrected chi connectivity index (χ4v) is 3.01. The lowest BCUT2D eigenvalue weighted by Gasteiger charge is -2.12. The number of benzene rings is 4. The number of carbonyl (C=O) groups is 2. The van der Waals surface area contributed by atoms with Crippen molar-refractivity contribution in [2.45, 2.75) is 0 Å². The summed E-state index contributed by atoms with van der Waals surface area (Å²) in [5.74, 6) is -0.231. The van der Waals surface area contributed by atoms with E-state index in [-0.39, 0.29) is 11.1 Å². The van der Waals surface area contributed by atoms with Crippen LogP contribution in [0.5, 0.6) is 11.5 Å². The number of ether oxygens (including phenoxy) is 2. The van der Waals surface area contributed by atoms with Crippen LogP contribution in [0.4, 0.5) is 0 Å². The van der Waals surface area contributed by atoms with Gasteiger partial charge in [-0.25, -0.2) is 9.59 Å². The molecule has 146 valence electrons. The summed E-state index contributed by atoms with van der Waals surface area (Å²) in [5.41, 5.74) is 2.07. The van der Waals surface area contributed by atoms with Crippen molar-refractivity contribution in [2.24, 2.45) is 0 Å². The second-order valence-corrected chi connectivity index (χ2v) is 6.53. The highest BCUT2D eigenvalue weighted by Crippen LogP contribution is 2.27. The zero-order chi connectivity index (χ0) is 20.8. The summed E-state index contributed by atoms with van der Waals surface area (Å²) in [6, 6.07) is 32.0. The van der Waals surface area contributed by atoms with Gasteiger partial charge in [-0.2, -0.15) is 0 Å². The van der Waals surface area contributed by atoms with Gasteiger partial charge < -0.3 is 9.47 Å². The molecule has 0 aromatic heterocycles.